The second-order valence-electron chi connectivity index (χ2n) is 32.2. The molecule has 5 N–H and O–H groups in total. The minimum absolute atomic E-state index is 0.00975. The number of carbonyl (C=O) groups is 8. The van der Waals surface area contributed by atoms with E-state index in [9.17, 15) is 38.4 Å². The molecule has 0 aliphatic heterocycles. The van der Waals surface area contributed by atoms with Crippen molar-refractivity contribution >= 4 is 117 Å². The standard InChI is InChI=1S/C26H31ClN4O3.C22H21ClN4O.C11H12ClN3.C10H10N2O.C9H10ClNO.C9H8N2O2.C8H8ClNO.C7H6ClNO2/c1-17-13-23(31(30-17)22-8-6-7-20(27)14-22)11-12-24(32)18(2)19-9-10-21(28-15-19)16-29-25(33)34-26(3,4)5;1-15-12-21(27(26-15)20-5-3-4-18(23)13-20)8-9-22(28)16(2)17-6-7-19(10-11-24)25-14-17;1-8-5-11(7-13)15(14-8)10-4-2-3-9(12)6-10;1-7(8(2)13)9-3-4-10(5-11)12-6-9;1-6(7(2)12)8-3-4-9(10)11-5-8;1-6(9(12)13)7-2-3-8(4-10)11-5-7;1-6(11)4-7-2-3-8(9)10-5-7;8-6-2-1-5(4-9-6)3-7(10)11/h6-10,13-15,18H,11-12,16H2,1-5H3,(H,29,33);3-7,12-14,16H,8-10H2,1-2H3;2-6H,7,13H2,1H3;3-4,6-7H,1-2H3;3-6H,1-2H3;2-3,5-6H,1H3,(H,12,13);2-3,5H,4H2,1H3;1-2,4H,3H2,(H,10,11). The highest BCUT2D eigenvalue weighted by Crippen LogP contribution is 2.27. The third kappa shape index (κ3) is 39.5. The number of alkyl carbamates (subject to hydrolysis) is 1. The monoisotopic (exact) mass is 1970 g/mol. The number of benzene rings is 3. The van der Waals surface area contributed by atoms with Gasteiger partial charge in [-0.1, -0.05) is 158 Å². The molecule has 0 radical (unpaired) electrons. The van der Waals surface area contributed by atoms with Gasteiger partial charge in [-0.3, -0.25) is 43.5 Å². The molecule has 137 heavy (non-hydrogen) atoms. The SMILES string of the molecule is CC(=O)C(C)c1ccc(C#N)nc1.CC(=O)C(C)c1ccc(Cl)nc1.CC(=O)Cc1ccc(Cl)nc1.CC(C(=O)O)c1ccc(C#N)nc1.Cc1cc(CCC(=O)C(C)c2ccc(CC#N)nc2)n(-c2cccc(Cl)c2)n1.Cc1cc(CCC(=O)C(C)c2ccc(CNC(=O)OC(C)(C)C)nc2)n(-c2cccc(Cl)c2)n1.Cc1cc(CN)n(-c2cccc(Cl)c2)n1.O=C(O)Cc1ccc(Cl)nc1. The number of nitrogens with two attached hydrogens (primary N) is 1. The molecule has 0 aliphatic rings. The summed E-state index contributed by atoms with van der Waals surface area (Å²) in [7, 11) is 0. The Hall–Kier alpha value is -13.9. The molecule has 5 atom stereocenters. The summed E-state index contributed by atoms with van der Waals surface area (Å²) in [5.41, 5.74) is 21.1. The quantitative estimate of drug-likeness (QED) is 0.0347. The lowest BCUT2D eigenvalue weighted by atomic mass is 9.94. The summed E-state index contributed by atoms with van der Waals surface area (Å²) in [6, 6.07) is 58.5. The average Bonchev–Trinajstić information content (AvgIpc) is 1.69. The van der Waals surface area contributed by atoms with Crippen LogP contribution in [-0.2, 0) is 83.5 Å². The zero-order chi connectivity index (χ0) is 101. The third-order valence-corrected chi connectivity index (χ3v) is 21.5. The smallest absolute Gasteiger partial charge is 0.407 e. The number of hydrogen-bond acceptors (Lipinski definition) is 23. The summed E-state index contributed by atoms with van der Waals surface area (Å²) in [6.07, 6.45) is 13.2. The number of ketones is 5. The molecule has 0 fully saturated rings. The first-order valence-electron chi connectivity index (χ1n) is 42.9. The Kier molecular flexibility index (Phi) is 46.1. The van der Waals surface area contributed by atoms with Crippen LogP contribution in [0.2, 0.25) is 30.5 Å². The normalized spacial score (nSPS) is 11.5. The number of aromatic nitrogens is 13. The van der Waals surface area contributed by atoms with Crippen molar-refractivity contribution in [3.8, 4) is 35.3 Å². The number of ether oxygens (including phenoxy) is 1. The molecule has 712 valence electrons. The molecule has 0 saturated heterocycles. The topological polar surface area (TPSA) is 439 Å². The highest BCUT2D eigenvalue weighted by molar-refractivity contribution is 6.31. The summed E-state index contributed by atoms with van der Waals surface area (Å²) in [5.74, 6) is -2.46. The number of carboxylic acid groups (broad SMARTS) is 2. The number of carboxylic acids is 2. The number of hydrogen-bond donors (Lipinski definition) is 4. The Labute approximate surface area is 826 Å². The molecular formula is C102H106Cl6N18O11. The molecule has 10 heterocycles. The fourth-order valence-corrected chi connectivity index (χ4v) is 13.2. The van der Waals surface area contributed by atoms with Crippen LogP contribution in [0.3, 0.4) is 0 Å². The Morgan fingerprint density at radius 2 is 0.796 bits per heavy atom. The van der Waals surface area contributed by atoms with Crippen LogP contribution in [0.15, 0.2) is 219 Å². The van der Waals surface area contributed by atoms with E-state index in [0.29, 0.717) is 103 Å². The van der Waals surface area contributed by atoms with Gasteiger partial charge in [0, 0.05) is 119 Å². The third-order valence-electron chi connectivity index (χ3n) is 20.1. The number of rotatable bonds is 27. The van der Waals surface area contributed by atoms with Crippen LogP contribution in [0, 0.1) is 54.8 Å². The van der Waals surface area contributed by atoms with Crippen molar-refractivity contribution in [1.82, 2.24) is 69.5 Å². The minimum atomic E-state index is -0.897. The van der Waals surface area contributed by atoms with Gasteiger partial charge < -0.3 is 26.0 Å². The van der Waals surface area contributed by atoms with Crippen LogP contribution in [0.25, 0.3) is 17.1 Å². The van der Waals surface area contributed by atoms with Gasteiger partial charge >= 0.3 is 18.0 Å². The summed E-state index contributed by atoms with van der Waals surface area (Å²) in [5, 5.41) is 62.1. The Morgan fingerprint density at radius 1 is 0.438 bits per heavy atom. The van der Waals surface area contributed by atoms with Crippen molar-refractivity contribution in [3.63, 3.8) is 0 Å². The molecule has 0 spiro atoms. The number of aliphatic carboxylic acids is 2. The maximum atomic E-state index is 12.9. The number of aryl methyl sites for hydroxylation is 5. The lowest BCUT2D eigenvalue weighted by Gasteiger charge is -2.19. The number of carbonyl (C=O) groups excluding carboxylic acids is 6. The lowest BCUT2D eigenvalue weighted by Crippen LogP contribution is -2.32. The van der Waals surface area contributed by atoms with Crippen molar-refractivity contribution in [1.29, 1.82) is 15.8 Å². The van der Waals surface area contributed by atoms with Crippen molar-refractivity contribution in [3.05, 3.63) is 346 Å². The van der Waals surface area contributed by atoms with Crippen LogP contribution in [-0.4, -0.2) is 127 Å². The lowest BCUT2D eigenvalue weighted by molar-refractivity contribution is -0.138. The predicted molar refractivity (Wildman–Crippen MR) is 528 cm³/mol. The first-order chi connectivity index (χ1) is 65.0. The molecule has 29 nitrogen and oxygen atoms in total. The van der Waals surface area contributed by atoms with Crippen LogP contribution < -0.4 is 11.1 Å². The largest absolute Gasteiger partial charge is 0.481 e. The molecule has 3 aromatic carbocycles. The van der Waals surface area contributed by atoms with Crippen LogP contribution >= 0.6 is 69.6 Å². The second kappa shape index (κ2) is 56.4. The zero-order valence-electron chi connectivity index (χ0n) is 78.1. The van der Waals surface area contributed by atoms with Crippen molar-refractivity contribution in [2.45, 2.75) is 190 Å². The number of nitrogens with one attached hydrogen (secondary N) is 1. The summed E-state index contributed by atoms with van der Waals surface area (Å²) < 4.78 is 10.7. The fourth-order valence-electron chi connectivity index (χ4n) is 12.3. The van der Waals surface area contributed by atoms with Gasteiger partial charge in [0.2, 0.25) is 0 Å². The summed E-state index contributed by atoms with van der Waals surface area (Å²) >= 11 is 34.8. The van der Waals surface area contributed by atoms with Gasteiger partial charge in [-0.25, -0.2) is 43.8 Å². The Balaban J connectivity index is 0.000000251. The van der Waals surface area contributed by atoms with Crippen LogP contribution in [0.5, 0.6) is 0 Å². The first-order valence-corrected chi connectivity index (χ1v) is 45.2. The second-order valence-corrected chi connectivity index (χ2v) is 34.7. The molecular weight excluding hydrogens is 1870 g/mol. The van der Waals surface area contributed by atoms with Gasteiger partial charge in [-0.2, -0.15) is 31.1 Å². The molecule has 0 aliphatic carbocycles. The summed E-state index contributed by atoms with van der Waals surface area (Å²) in [6.45, 7) is 25.7. The highest BCUT2D eigenvalue weighted by atomic mass is 35.5. The van der Waals surface area contributed by atoms with E-state index in [1.54, 1.807) is 113 Å². The van der Waals surface area contributed by atoms with Gasteiger partial charge in [0.15, 0.2) is 0 Å². The van der Waals surface area contributed by atoms with E-state index in [1.807, 2.05) is 211 Å². The van der Waals surface area contributed by atoms with Crippen LogP contribution in [0.1, 0.15) is 214 Å². The van der Waals surface area contributed by atoms with Crippen molar-refractivity contribution < 1.29 is 53.3 Å². The fraction of sp³-hybridized carbons (Fsp3) is 0.284. The number of nitrogens with zero attached hydrogens (tertiary/aromatic N) is 16. The number of Topliss-reactive ketones (excluding diaryl/α,β-unsaturated/α-hetero) is 5. The molecule has 35 heteroatoms. The van der Waals surface area contributed by atoms with E-state index >= 15 is 0 Å². The molecule has 0 bridgehead atoms. The van der Waals surface area contributed by atoms with Crippen molar-refractivity contribution in [2.24, 2.45) is 5.73 Å². The zero-order valence-corrected chi connectivity index (χ0v) is 82.6. The maximum absolute atomic E-state index is 12.9. The van der Waals surface area contributed by atoms with E-state index in [-0.39, 0.29) is 72.0 Å². The van der Waals surface area contributed by atoms with Crippen molar-refractivity contribution in [2.75, 3.05) is 0 Å². The number of amides is 1. The molecule has 13 rings (SSSR count). The Bertz CT molecular complexity index is 6180. The van der Waals surface area contributed by atoms with Gasteiger partial charge in [0.1, 0.15) is 73.5 Å². The highest BCUT2D eigenvalue weighted by Gasteiger charge is 2.23. The van der Waals surface area contributed by atoms with Gasteiger partial charge in [0.05, 0.1) is 82.6 Å². The van der Waals surface area contributed by atoms with E-state index in [1.165, 1.54) is 18.5 Å². The van der Waals surface area contributed by atoms with E-state index in [2.05, 4.69) is 61.6 Å². The van der Waals surface area contributed by atoms with Gasteiger partial charge in [-0.05, 0) is 236 Å². The van der Waals surface area contributed by atoms with Gasteiger partial charge in [0.25, 0.3) is 0 Å². The summed E-state index contributed by atoms with van der Waals surface area (Å²) in [4.78, 5) is 119. The number of pyridine rings is 7. The van der Waals surface area contributed by atoms with E-state index in [4.69, 9.17) is 106 Å². The molecule has 1 amide bonds. The Morgan fingerprint density at radius 3 is 1.12 bits per heavy atom. The number of nitriles is 3. The first kappa shape index (κ1) is 112. The molecule has 5 unspecified atom stereocenters. The maximum Gasteiger partial charge on any atom is 0.407 e. The van der Waals surface area contributed by atoms with E-state index in [0.717, 1.165) is 79.0 Å². The minimum Gasteiger partial charge on any atom is -0.481 e. The van der Waals surface area contributed by atoms with E-state index < -0.39 is 29.6 Å². The van der Waals surface area contributed by atoms with Crippen LogP contribution in [0.4, 0.5) is 4.79 Å². The molecule has 10 aromatic heterocycles. The molecule has 0 saturated carbocycles. The van der Waals surface area contributed by atoms with Gasteiger partial charge in [-0.15, -0.1) is 0 Å². The molecule has 13 aromatic rings. The average molecular weight is 1970 g/mol. The number of halogens is 6. The predicted octanol–water partition coefficient (Wildman–Crippen LogP) is 20.9.